The number of hydrogen-bond donors (Lipinski definition) is 0. The lowest BCUT2D eigenvalue weighted by molar-refractivity contribution is 0.0231. The fraction of sp³-hybridized carbons (Fsp3) is 0.474. The Morgan fingerprint density at radius 2 is 2.22 bits per heavy atom. The molecule has 1 aromatic heterocycles. The topological polar surface area (TPSA) is 37.7 Å². The van der Waals surface area contributed by atoms with Crippen molar-refractivity contribution in [3.63, 3.8) is 0 Å². The molecule has 5 atom stereocenters. The Balaban J connectivity index is 1.65. The normalized spacial score (nSPS) is 34.7. The third-order valence-electron chi connectivity index (χ3n) is 5.95. The van der Waals surface area contributed by atoms with E-state index in [0.717, 1.165) is 17.2 Å². The Hall–Kier alpha value is -1.94. The van der Waals surface area contributed by atoms with Crippen molar-refractivity contribution >= 4 is 17.1 Å². The number of methoxy groups -OCH3 is 1. The molecule has 5 aliphatic heterocycles. The van der Waals surface area contributed by atoms with Gasteiger partial charge in [-0.2, -0.15) is 0 Å². The second-order valence-electron chi connectivity index (χ2n) is 7.04. The molecule has 4 bridgehead atoms. The van der Waals surface area contributed by atoms with Gasteiger partial charge in [0.25, 0.3) is 0 Å². The lowest BCUT2D eigenvalue weighted by atomic mass is 9.75. The fourth-order valence-corrected chi connectivity index (χ4v) is 4.73. The predicted molar refractivity (Wildman–Crippen MR) is 91.1 cm³/mol. The van der Waals surface area contributed by atoms with Crippen LogP contribution in [0.15, 0.2) is 35.5 Å². The van der Waals surface area contributed by atoms with Crippen LogP contribution in [0.25, 0.3) is 10.9 Å². The lowest BCUT2D eigenvalue weighted by Gasteiger charge is -2.48. The molecule has 118 valence electrons. The number of nitrogens with zero attached hydrogens (tertiary/aromatic N) is 3. The number of fused-ring (bicyclic) bond motifs is 3. The Kier molecular flexibility index (Phi) is 2.95. The first-order valence-electron chi connectivity index (χ1n) is 8.53. The van der Waals surface area contributed by atoms with Crippen LogP contribution in [0.2, 0.25) is 0 Å². The average Bonchev–Trinajstić information content (AvgIpc) is 2.88. The van der Waals surface area contributed by atoms with E-state index < -0.39 is 0 Å². The fourth-order valence-electron chi connectivity index (χ4n) is 4.73. The van der Waals surface area contributed by atoms with Gasteiger partial charge < -0.3 is 4.74 Å². The number of pyridine rings is 1. The van der Waals surface area contributed by atoms with Gasteiger partial charge in [0.1, 0.15) is 5.75 Å². The van der Waals surface area contributed by atoms with Crippen molar-refractivity contribution in [2.24, 2.45) is 16.8 Å². The average molecular weight is 307 g/mol. The summed E-state index contributed by atoms with van der Waals surface area (Å²) in [5, 5.41) is 1.18. The quantitative estimate of drug-likeness (QED) is 0.855. The largest absolute Gasteiger partial charge is 0.497 e. The molecule has 4 heteroatoms. The molecule has 6 heterocycles. The zero-order valence-electron chi connectivity index (χ0n) is 13.4. The molecule has 5 aliphatic rings. The van der Waals surface area contributed by atoms with Crippen LogP contribution in [0.3, 0.4) is 0 Å². The van der Waals surface area contributed by atoms with Crippen molar-refractivity contribution < 1.29 is 4.74 Å². The van der Waals surface area contributed by atoms with Crippen molar-refractivity contribution in [3.05, 3.63) is 36.0 Å². The monoisotopic (exact) mass is 307 g/mol. The second kappa shape index (κ2) is 5.03. The molecular weight excluding hydrogens is 286 g/mol. The molecule has 23 heavy (non-hydrogen) atoms. The number of benzene rings is 1. The minimum atomic E-state index is 0.225. The molecule has 0 spiro atoms. The molecule has 4 unspecified atom stereocenters. The number of ether oxygens (including phenoxy) is 1. The first-order chi connectivity index (χ1) is 11.3. The summed E-state index contributed by atoms with van der Waals surface area (Å²) in [6.45, 7) is 2.43. The highest BCUT2D eigenvalue weighted by atomic mass is 16.5. The number of rotatable bonds is 2. The van der Waals surface area contributed by atoms with Gasteiger partial charge in [-0.3, -0.25) is 14.9 Å². The number of aromatic nitrogens is 1. The van der Waals surface area contributed by atoms with E-state index in [2.05, 4.69) is 28.2 Å². The minimum absolute atomic E-state index is 0.225. The van der Waals surface area contributed by atoms with Crippen molar-refractivity contribution in [2.75, 3.05) is 20.2 Å². The standard InChI is InChI=1S/C19H21N3O/c1-23-14-2-3-17-16(9-14)15(4-6-20-17)19-18-8-12-5-7-22(18)11-13(12)10-21-19/h2-4,6,9-10,12-13,18-19H,5,7-8,11H2,1H3/t12?,13?,18?,19-/m1/s1. The number of piperidine rings is 3. The third kappa shape index (κ3) is 2.01. The van der Waals surface area contributed by atoms with Crippen LogP contribution in [0, 0.1) is 11.8 Å². The Labute approximate surface area is 136 Å². The van der Waals surface area contributed by atoms with Gasteiger partial charge in [-0.15, -0.1) is 0 Å². The molecule has 3 saturated heterocycles. The summed E-state index contributed by atoms with van der Waals surface area (Å²) in [6, 6.07) is 9.05. The molecular formula is C19H21N3O. The van der Waals surface area contributed by atoms with Gasteiger partial charge in [-0.05, 0) is 55.1 Å². The van der Waals surface area contributed by atoms with E-state index in [9.17, 15) is 0 Å². The van der Waals surface area contributed by atoms with Gasteiger partial charge >= 0.3 is 0 Å². The summed E-state index contributed by atoms with van der Waals surface area (Å²) in [4.78, 5) is 12.2. The highest BCUT2D eigenvalue weighted by Gasteiger charge is 2.45. The summed E-state index contributed by atoms with van der Waals surface area (Å²) in [5.41, 5.74) is 2.32. The van der Waals surface area contributed by atoms with E-state index in [1.807, 2.05) is 18.3 Å². The highest BCUT2D eigenvalue weighted by Crippen LogP contribution is 2.45. The summed E-state index contributed by atoms with van der Waals surface area (Å²) < 4.78 is 5.42. The van der Waals surface area contributed by atoms with Gasteiger partial charge in [0, 0.05) is 36.3 Å². The lowest BCUT2D eigenvalue weighted by Crippen LogP contribution is -2.53. The Bertz CT molecular complexity index is 787. The summed E-state index contributed by atoms with van der Waals surface area (Å²) in [5.74, 6) is 2.38. The molecule has 0 radical (unpaired) electrons. The van der Waals surface area contributed by atoms with Crippen LogP contribution >= 0.6 is 0 Å². The minimum Gasteiger partial charge on any atom is -0.497 e. The molecule has 7 rings (SSSR count). The number of hydrogen-bond acceptors (Lipinski definition) is 4. The SMILES string of the molecule is COc1ccc2nccc([C@H]3N=CC4CN5CCC4CC35)c2c1. The van der Waals surface area contributed by atoms with E-state index in [1.54, 1.807) is 7.11 Å². The number of aliphatic imine (C=N–C) groups is 1. The van der Waals surface area contributed by atoms with Gasteiger partial charge in [0.15, 0.2) is 0 Å². The summed E-state index contributed by atoms with van der Waals surface area (Å²) in [7, 11) is 1.72. The third-order valence-corrected chi connectivity index (χ3v) is 5.95. The summed E-state index contributed by atoms with van der Waals surface area (Å²) >= 11 is 0. The molecule has 2 aromatic rings. The van der Waals surface area contributed by atoms with Crippen LogP contribution in [0.4, 0.5) is 0 Å². The molecule has 0 aliphatic carbocycles. The smallest absolute Gasteiger partial charge is 0.119 e. The molecule has 3 fully saturated rings. The van der Waals surface area contributed by atoms with Gasteiger partial charge in [-0.1, -0.05) is 0 Å². The van der Waals surface area contributed by atoms with Crippen molar-refractivity contribution in [3.8, 4) is 5.75 Å². The Morgan fingerprint density at radius 3 is 3.04 bits per heavy atom. The maximum Gasteiger partial charge on any atom is 0.119 e. The van der Waals surface area contributed by atoms with Crippen molar-refractivity contribution in [1.29, 1.82) is 0 Å². The molecule has 4 nitrogen and oxygen atoms in total. The molecule has 0 saturated carbocycles. The maximum atomic E-state index is 5.42. The Morgan fingerprint density at radius 1 is 1.26 bits per heavy atom. The first-order valence-corrected chi connectivity index (χ1v) is 8.53. The van der Waals surface area contributed by atoms with Gasteiger partial charge in [0.05, 0.1) is 18.7 Å². The van der Waals surface area contributed by atoms with Gasteiger partial charge in [0.2, 0.25) is 0 Å². The summed E-state index contributed by atoms with van der Waals surface area (Å²) in [6.07, 6.45) is 6.79. The maximum absolute atomic E-state index is 5.42. The van der Waals surface area contributed by atoms with E-state index >= 15 is 0 Å². The first kappa shape index (κ1) is 13.5. The zero-order chi connectivity index (χ0) is 15.4. The van der Waals surface area contributed by atoms with Crippen LogP contribution in [0.1, 0.15) is 24.4 Å². The van der Waals surface area contributed by atoms with Crippen LogP contribution in [-0.2, 0) is 0 Å². The van der Waals surface area contributed by atoms with Gasteiger partial charge in [-0.25, -0.2) is 0 Å². The van der Waals surface area contributed by atoms with E-state index in [-0.39, 0.29) is 6.04 Å². The van der Waals surface area contributed by atoms with Crippen molar-refractivity contribution in [1.82, 2.24) is 9.88 Å². The second-order valence-corrected chi connectivity index (χ2v) is 7.04. The molecule has 1 aromatic carbocycles. The van der Waals surface area contributed by atoms with Crippen LogP contribution in [0.5, 0.6) is 5.75 Å². The predicted octanol–water partition coefficient (Wildman–Crippen LogP) is 3.08. The van der Waals surface area contributed by atoms with E-state index in [1.165, 1.54) is 36.9 Å². The van der Waals surface area contributed by atoms with Crippen LogP contribution in [-0.4, -0.2) is 42.3 Å². The highest BCUT2D eigenvalue weighted by molar-refractivity contribution is 5.84. The van der Waals surface area contributed by atoms with E-state index in [0.29, 0.717) is 12.0 Å². The van der Waals surface area contributed by atoms with E-state index in [4.69, 9.17) is 9.73 Å². The van der Waals surface area contributed by atoms with Crippen LogP contribution < -0.4 is 4.74 Å². The molecule has 0 amide bonds. The molecule has 0 N–H and O–H groups in total. The van der Waals surface area contributed by atoms with Crippen molar-refractivity contribution in [2.45, 2.75) is 24.9 Å². The zero-order valence-corrected chi connectivity index (χ0v) is 13.4.